The molecule has 1 N–H and O–H groups in total. The molecule has 1 atom stereocenters. The minimum atomic E-state index is 0.818. The van der Waals surface area contributed by atoms with Crippen molar-refractivity contribution in [2.45, 2.75) is 57.0 Å². The molecule has 2 nitrogen and oxygen atoms in total. The van der Waals surface area contributed by atoms with Crippen molar-refractivity contribution in [2.75, 3.05) is 19.6 Å². The second-order valence-corrected chi connectivity index (χ2v) is 5.84. The van der Waals surface area contributed by atoms with Crippen LogP contribution in [0.3, 0.4) is 0 Å². The summed E-state index contributed by atoms with van der Waals surface area (Å²) < 4.78 is 0. The molecule has 15 heavy (non-hydrogen) atoms. The van der Waals surface area contributed by atoms with Crippen LogP contribution in [0, 0.1) is 5.92 Å². The Balaban J connectivity index is 1.39. The Hall–Kier alpha value is -0.0800. The quantitative estimate of drug-likeness (QED) is 0.760. The first-order valence-electron chi connectivity index (χ1n) is 6.88. The molecule has 0 bridgehead atoms. The van der Waals surface area contributed by atoms with Crippen LogP contribution in [0.15, 0.2) is 0 Å². The van der Waals surface area contributed by atoms with E-state index >= 15 is 0 Å². The molecular weight excluding hydrogens is 184 g/mol. The lowest BCUT2D eigenvalue weighted by Crippen LogP contribution is -2.35. The topological polar surface area (TPSA) is 15.3 Å². The van der Waals surface area contributed by atoms with E-state index < -0.39 is 0 Å². The minimum absolute atomic E-state index is 0.818. The number of likely N-dealkylation sites (tertiary alicyclic amines) is 1. The van der Waals surface area contributed by atoms with E-state index in [2.05, 4.69) is 10.2 Å². The molecule has 0 aromatic carbocycles. The van der Waals surface area contributed by atoms with Crippen LogP contribution >= 0.6 is 0 Å². The van der Waals surface area contributed by atoms with Gasteiger partial charge in [0.05, 0.1) is 0 Å². The molecule has 2 heteroatoms. The van der Waals surface area contributed by atoms with Gasteiger partial charge in [-0.1, -0.05) is 12.8 Å². The van der Waals surface area contributed by atoms with Gasteiger partial charge in [0.25, 0.3) is 0 Å². The van der Waals surface area contributed by atoms with Gasteiger partial charge < -0.3 is 10.2 Å². The molecule has 3 aliphatic rings. The molecule has 3 fully saturated rings. The van der Waals surface area contributed by atoms with Gasteiger partial charge in [0.15, 0.2) is 0 Å². The van der Waals surface area contributed by atoms with Gasteiger partial charge in [-0.15, -0.1) is 0 Å². The molecule has 86 valence electrons. The van der Waals surface area contributed by atoms with Crippen molar-refractivity contribution in [1.29, 1.82) is 0 Å². The zero-order valence-electron chi connectivity index (χ0n) is 9.75. The van der Waals surface area contributed by atoms with E-state index in [-0.39, 0.29) is 0 Å². The summed E-state index contributed by atoms with van der Waals surface area (Å²) in [6, 6.07) is 1.71. The van der Waals surface area contributed by atoms with Crippen LogP contribution in [-0.2, 0) is 0 Å². The Morgan fingerprint density at radius 3 is 2.47 bits per heavy atom. The Bertz CT molecular complexity index is 207. The highest BCUT2D eigenvalue weighted by molar-refractivity contribution is 4.90. The van der Waals surface area contributed by atoms with Gasteiger partial charge in [0.1, 0.15) is 0 Å². The third-order valence-electron chi connectivity index (χ3n) is 4.31. The van der Waals surface area contributed by atoms with Crippen molar-refractivity contribution in [2.24, 2.45) is 5.92 Å². The highest BCUT2D eigenvalue weighted by atomic mass is 15.2. The van der Waals surface area contributed by atoms with Crippen molar-refractivity contribution in [3.05, 3.63) is 0 Å². The van der Waals surface area contributed by atoms with Crippen molar-refractivity contribution in [3.8, 4) is 0 Å². The third-order valence-corrected chi connectivity index (χ3v) is 4.31. The van der Waals surface area contributed by atoms with E-state index in [0.717, 1.165) is 18.0 Å². The molecule has 1 heterocycles. The van der Waals surface area contributed by atoms with E-state index in [1.807, 2.05) is 0 Å². The number of rotatable bonds is 4. The molecule has 0 aromatic rings. The van der Waals surface area contributed by atoms with E-state index in [9.17, 15) is 0 Å². The molecule has 1 aliphatic heterocycles. The van der Waals surface area contributed by atoms with Crippen LogP contribution in [0.4, 0.5) is 0 Å². The first kappa shape index (κ1) is 10.1. The highest BCUT2D eigenvalue weighted by Gasteiger charge is 2.30. The zero-order valence-corrected chi connectivity index (χ0v) is 9.75. The van der Waals surface area contributed by atoms with Gasteiger partial charge in [-0.2, -0.15) is 0 Å². The van der Waals surface area contributed by atoms with Crippen molar-refractivity contribution in [3.63, 3.8) is 0 Å². The molecular formula is C13H24N2. The Morgan fingerprint density at radius 1 is 0.933 bits per heavy atom. The van der Waals surface area contributed by atoms with Crippen LogP contribution in [0.25, 0.3) is 0 Å². The van der Waals surface area contributed by atoms with Crippen molar-refractivity contribution < 1.29 is 0 Å². The maximum atomic E-state index is 3.77. The molecule has 0 radical (unpaired) electrons. The van der Waals surface area contributed by atoms with E-state index in [0.29, 0.717) is 0 Å². The Labute approximate surface area is 93.4 Å². The fourth-order valence-corrected chi connectivity index (χ4v) is 3.28. The molecule has 2 aliphatic carbocycles. The first-order chi connectivity index (χ1) is 7.40. The van der Waals surface area contributed by atoms with Gasteiger partial charge in [-0.05, 0) is 44.6 Å². The van der Waals surface area contributed by atoms with Crippen LogP contribution < -0.4 is 5.32 Å². The predicted octanol–water partition coefficient (Wildman–Crippen LogP) is 2.00. The number of hydrogen-bond acceptors (Lipinski definition) is 2. The van der Waals surface area contributed by atoms with Crippen LogP contribution in [0.2, 0.25) is 0 Å². The summed E-state index contributed by atoms with van der Waals surface area (Å²) >= 11 is 0. The standard InChI is InChI=1S/C13H24N2/c1-2-4-11(3-1)9-15-8-7-13(10-15)14-12-5-6-12/h11-14H,1-10H2. The summed E-state index contributed by atoms with van der Waals surface area (Å²) in [5.41, 5.74) is 0. The second-order valence-electron chi connectivity index (χ2n) is 5.84. The molecule has 3 rings (SSSR count). The van der Waals surface area contributed by atoms with Crippen LogP contribution in [0.5, 0.6) is 0 Å². The maximum Gasteiger partial charge on any atom is 0.0209 e. The number of nitrogens with zero attached hydrogens (tertiary/aromatic N) is 1. The maximum absolute atomic E-state index is 3.77. The van der Waals surface area contributed by atoms with Gasteiger partial charge in [0.2, 0.25) is 0 Å². The summed E-state index contributed by atoms with van der Waals surface area (Å²) in [6.07, 6.45) is 10.2. The van der Waals surface area contributed by atoms with Crippen LogP contribution in [0.1, 0.15) is 44.9 Å². The third kappa shape index (κ3) is 2.73. The van der Waals surface area contributed by atoms with Gasteiger partial charge in [0, 0.05) is 25.2 Å². The molecule has 0 spiro atoms. The lowest BCUT2D eigenvalue weighted by molar-refractivity contribution is 0.273. The lowest BCUT2D eigenvalue weighted by atomic mass is 10.1. The van der Waals surface area contributed by atoms with Gasteiger partial charge >= 0.3 is 0 Å². The molecule has 1 unspecified atom stereocenters. The summed E-state index contributed by atoms with van der Waals surface area (Å²) in [6.45, 7) is 4.07. The smallest absolute Gasteiger partial charge is 0.0209 e. The van der Waals surface area contributed by atoms with Crippen molar-refractivity contribution in [1.82, 2.24) is 10.2 Å². The van der Waals surface area contributed by atoms with Crippen molar-refractivity contribution >= 4 is 0 Å². The average molecular weight is 208 g/mol. The Kier molecular flexibility index (Phi) is 2.98. The van der Waals surface area contributed by atoms with Gasteiger partial charge in [-0.3, -0.25) is 0 Å². The fraction of sp³-hybridized carbons (Fsp3) is 1.00. The number of hydrogen-bond donors (Lipinski definition) is 1. The fourth-order valence-electron chi connectivity index (χ4n) is 3.28. The second kappa shape index (κ2) is 4.42. The molecule has 0 aromatic heterocycles. The SMILES string of the molecule is C1CCC(CN2CCC(NC3CC3)C2)C1. The predicted molar refractivity (Wildman–Crippen MR) is 63.0 cm³/mol. The summed E-state index contributed by atoms with van der Waals surface area (Å²) in [5, 5.41) is 3.77. The molecule has 1 saturated heterocycles. The summed E-state index contributed by atoms with van der Waals surface area (Å²) in [7, 11) is 0. The summed E-state index contributed by atoms with van der Waals surface area (Å²) in [4.78, 5) is 2.70. The van der Waals surface area contributed by atoms with E-state index in [1.54, 1.807) is 0 Å². The molecule has 2 saturated carbocycles. The highest BCUT2D eigenvalue weighted by Crippen LogP contribution is 2.27. The Morgan fingerprint density at radius 2 is 1.73 bits per heavy atom. The monoisotopic (exact) mass is 208 g/mol. The van der Waals surface area contributed by atoms with E-state index in [4.69, 9.17) is 0 Å². The lowest BCUT2D eigenvalue weighted by Gasteiger charge is -2.20. The summed E-state index contributed by atoms with van der Waals surface area (Å²) in [5.74, 6) is 1.03. The molecule has 0 amide bonds. The van der Waals surface area contributed by atoms with Crippen LogP contribution in [-0.4, -0.2) is 36.6 Å². The average Bonchev–Trinajstić information content (AvgIpc) is 2.74. The normalized spacial score (nSPS) is 34.0. The largest absolute Gasteiger partial charge is 0.310 e. The zero-order chi connectivity index (χ0) is 10.1. The van der Waals surface area contributed by atoms with E-state index in [1.165, 1.54) is 64.6 Å². The number of nitrogens with one attached hydrogen (secondary N) is 1. The first-order valence-corrected chi connectivity index (χ1v) is 6.88. The minimum Gasteiger partial charge on any atom is -0.310 e. The van der Waals surface area contributed by atoms with Gasteiger partial charge in [-0.25, -0.2) is 0 Å².